The summed E-state index contributed by atoms with van der Waals surface area (Å²) in [5.74, 6) is 0. The Balaban J connectivity index is 3.24. The number of unbranched alkanes of at least 4 members (excludes halogenated alkanes) is 9. The molecular formula is C18H38O2. The van der Waals surface area contributed by atoms with E-state index in [1.165, 1.54) is 51.4 Å². The van der Waals surface area contributed by atoms with E-state index in [1.54, 1.807) is 0 Å². The molecule has 2 nitrogen and oxygen atoms in total. The Hall–Kier alpha value is -0.0800. The highest BCUT2D eigenvalue weighted by atomic mass is 16.3. The fourth-order valence-corrected chi connectivity index (χ4v) is 2.68. The lowest BCUT2D eigenvalue weighted by Gasteiger charge is -2.15. The summed E-state index contributed by atoms with van der Waals surface area (Å²) < 4.78 is 0. The second-order valence-corrected chi connectivity index (χ2v) is 6.30. The van der Waals surface area contributed by atoms with Crippen LogP contribution < -0.4 is 0 Å². The van der Waals surface area contributed by atoms with Gasteiger partial charge in [-0.15, -0.1) is 0 Å². The molecule has 0 saturated heterocycles. The van der Waals surface area contributed by atoms with Crippen LogP contribution in [-0.2, 0) is 0 Å². The Labute approximate surface area is 127 Å². The van der Waals surface area contributed by atoms with E-state index in [9.17, 15) is 10.2 Å². The maximum atomic E-state index is 9.86. The third-order valence-corrected chi connectivity index (χ3v) is 4.08. The maximum Gasteiger partial charge on any atom is 0.0564 e. The van der Waals surface area contributed by atoms with Crippen LogP contribution in [0.4, 0.5) is 0 Å². The van der Waals surface area contributed by atoms with Gasteiger partial charge in [-0.1, -0.05) is 84.5 Å². The lowest BCUT2D eigenvalue weighted by molar-refractivity contribution is 0.0683. The molecule has 0 aromatic carbocycles. The molecule has 0 amide bonds. The van der Waals surface area contributed by atoms with Crippen molar-refractivity contribution in [2.75, 3.05) is 0 Å². The normalized spacial score (nSPS) is 14.4. The Morgan fingerprint density at radius 2 is 0.950 bits per heavy atom. The zero-order valence-corrected chi connectivity index (χ0v) is 13.9. The first kappa shape index (κ1) is 19.9. The zero-order chi connectivity index (χ0) is 15.1. The monoisotopic (exact) mass is 286 g/mol. The molecule has 0 bridgehead atoms. The molecule has 2 N–H and O–H groups in total. The standard InChI is InChI=1S/C18H38O2/c1-3-5-7-8-9-10-11-12-13-15-18(20)16-17(19)14-6-4-2/h17-20H,3-16H2,1-2H3. The second kappa shape index (κ2) is 15.3. The third kappa shape index (κ3) is 14.3. The van der Waals surface area contributed by atoms with Crippen LogP contribution >= 0.6 is 0 Å². The Bertz CT molecular complexity index is 182. The molecule has 2 atom stereocenters. The van der Waals surface area contributed by atoms with Crippen molar-refractivity contribution in [3.63, 3.8) is 0 Å². The molecule has 0 aliphatic heterocycles. The minimum Gasteiger partial charge on any atom is -0.393 e. The van der Waals surface area contributed by atoms with E-state index < -0.39 is 0 Å². The third-order valence-electron chi connectivity index (χ3n) is 4.08. The Morgan fingerprint density at radius 1 is 0.550 bits per heavy atom. The van der Waals surface area contributed by atoms with Crippen molar-refractivity contribution in [1.82, 2.24) is 0 Å². The minimum atomic E-state index is -0.302. The van der Waals surface area contributed by atoms with E-state index in [0.29, 0.717) is 6.42 Å². The molecule has 122 valence electrons. The zero-order valence-electron chi connectivity index (χ0n) is 13.9. The molecule has 2 heteroatoms. The number of hydrogen-bond donors (Lipinski definition) is 2. The first-order valence-electron chi connectivity index (χ1n) is 9.06. The average Bonchev–Trinajstić information content (AvgIpc) is 2.43. The number of rotatable bonds is 15. The van der Waals surface area contributed by atoms with Gasteiger partial charge in [-0.05, 0) is 19.3 Å². The van der Waals surface area contributed by atoms with Gasteiger partial charge >= 0.3 is 0 Å². The molecule has 0 radical (unpaired) electrons. The summed E-state index contributed by atoms with van der Waals surface area (Å²) in [6, 6.07) is 0. The lowest BCUT2D eigenvalue weighted by Crippen LogP contribution is -2.17. The van der Waals surface area contributed by atoms with Crippen molar-refractivity contribution in [3.8, 4) is 0 Å². The van der Waals surface area contributed by atoms with Gasteiger partial charge in [-0.2, -0.15) is 0 Å². The van der Waals surface area contributed by atoms with Crippen LogP contribution in [0.15, 0.2) is 0 Å². The predicted molar refractivity (Wildman–Crippen MR) is 88.0 cm³/mol. The predicted octanol–water partition coefficient (Wildman–Crippen LogP) is 5.21. The highest BCUT2D eigenvalue weighted by molar-refractivity contribution is 4.64. The first-order chi connectivity index (χ1) is 9.70. The van der Waals surface area contributed by atoms with E-state index in [1.807, 2.05) is 0 Å². The van der Waals surface area contributed by atoms with E-state index in [-0.39, 0.29) is 12.2 Å². The number of aliphatic hydroxyl groups is 2. The van der Waals surface area contributed by atoms with E-state index >= 15 is 0 Å². The molecule has 0 saturated carbocycles. The summed E-state index contributed by atoms with van der Waals surface area (Å²) in [5, 5.41) is 19.6. The fraction of sp³-hybridized carbons (Fsp3) is 1.00. The number of hydrogen-bond acceptors (Lipinski definition) is 2. The average molecular weight is 287 g/mol. The van der Waals surface area contributed by atoms with Gasteiger partial charge in [0.2, 0.25) is 0 Å². The molecule has 0 aromatic rings. The summed E-state index contributed by atoms with van der Waals surface area (Å²) in [4.78, 5) is 0. The molecule has 0 aliphatic carbocycles. The second-order valence-electron chi connectivity index (χ2n) is 6.30. The summed E-state index contributed by atoms with van der Waals surface area (Å²) in [6.45, 7) is 4.38. The lowest BCUT2D eigenvalue weighted by atomic mass is 10.0. The molecule has 20 heavy (non-hydrogen) atoms. The van der Waals surface area contributed by atoms with Crippen molar-refractivity contribution in [2.24, 2.45) is 0 Å². The van der Waals surface area contributed by atoms with Crippen LogP contribution in [0.5, 0.6) is 0 Å². The van der Waals surface area contributed by atoms with Crippen molar-refractivity contribution in [3.05, 3.63) is 0 Å². The van der Waals surface area contributed by atoms with Crippen molar-refractivity contribution >= 4 is 0 Å². The van der Waals surface area contributed by atoms with E-state index in [2.05, 4.69) is 13.8 Å². The van der Waals surface area contributed by atoms with Gasteiger partial charge in [0.05, 0.1) is 12.2 Å². The molecule has 2 unspecified atom stereocenters. The van der Waals surface area contributed by atoms with Crippen LogP contribution in [0.2, 0.25) is 0 Å². The molecule has 0 heterocycles. The van der Waals surface area contributed by atoms with Crippen LogP contribution in [0.25, 0.3) is 0 Å². The van der Waals surface area contributed by atoms with Crippen molar-refractivity contribution in [1.29, 1.82) is 0 Å². The summed E-state index contributed by atoms with van der Waals surface area (Å²) in [7, 11) is 0. The van der Waals surface area contributed by atoms with Gasteiger partial charge in [0.1, 0.15) is 0 Å². The first-order valence-corrected chi connectivity index (χ1v) is 9.06. The number of aliphatic hydroxyl groups excluding tert-OH is 2. The van der Waals surface area contributed by atoms with Gasteiger partial charge in [-0.3, -0.25) is 0 Å². The fourth-order valence-electron chi connectivity index (χ4n) is 2.68. The van der Waals surface area contributed by atoms with Gasteiger partial charge in [0, 0.05) is 0 Å². The van der Waals surface area contributed by atoms with Gasteiger partial charge in [0.25, 0.3) is 0 Å². The van der Waals surface area contributed by atoms with Crippen LogP contribution in [0.3, 0.4) is 0 Å². The molecule has 0 aromatic heterocycles. The molecule has 0 fully saturated rings. The SMILES string of the molecule is CCCCCCCCCCCC(O)CC(O)CCCC. The van der Waals surface area contributed by atoms with E-state index in [4.69, 9.17) is 0 Å². The Morgan fingerprint density at radius 3 is 1.45 bits per heavy atom. The molecule has 0 rings (SSSR count). The topological polar surface area (TPSA) is 40.5 Å². The highest BCUT2D eigenvalue weighted by Gasteiger charge is 2.10. The van der Waals surface area contributed by atoms with Crippen LogP contribution in [-0.4, -0.2) is 22.4 Å². The molecule has 0 spiro atoms. The molecule has 0 aliphatic rings. The largest absolute Gasteiger partial charge is 0.393 e. The van der Waals surface area contributed by atoms with Crippen molar-refractivity contribution in [2.45, 2.75) is 116 Å². The smallest absolute Gasteiger partial charge is 0.0564 e. The summed E-state index contributed by atoms with van der Waals surface area (Å²) in [5.41, 5.74) is 0. The van der Waals surface area contributed by atoms with Crippen LogP contribution in [0.1, 0.15) is 104 Å². The maximum absolute atomic E-state index is 9.86. The van der Waals surface area contributed by atoms with Crippen LogP contribution in [0, 0.1) is 0 Å². The van der Waals surface area contributed by atoms with Crippen molar-refractivity contribution < 1.29 is 10.2 Å². The Kier molecular flexibility index (Phi) is 15.3. The summed E-state index contributed by atoms with van der Waals surface area (Å²) >= 11 is 0. The van der Waals surface area contributed by atoms with Gasteiger partial charge < -0.3 is 10.2 Å². The summed E-state index contributed by atoms with van der Waals surface area (Å²) in [6.07, 6.45) is 15.7. The minimum absolute atomic E-state index is 0.300. The van der Waals surface area contributed by atoms with Gasteiger partial charge in [0.15, 0.2) is 0 Å². The molecular weight excluding hydrogens is 248 g/mol. The quantitative estimate of drug-likeness (QED) is 0.406. The van der Waals surface area contributed by atoms with E-state index in [0.717, 1.165) is 32.1 Å². The van der Waals surface area contributed by atoms with Gasteiger partial charge in [-0.25, -0.2) is 0 Å². The highest BCUT2D eigenvalue weighted by Crippen LogP contribution is 2.14.